The summed E-state index contributed by atoms with van der Waals surface area (Å²) in [6.07, 6.45) is 2.11. The molecule has 0 radical (unpaired) electrons. The fourth-order valence-corrected chi connectivity index (χ4v) is 2.95. The number of hydrogen-bond donors (Lipinski definition) is 2. The van der Waals surface area contributed by atoms with Gasteiger partial charge < -0.3 is 15.1 Å². The summed E-state index contributed by atoms with van der Waals surface area (Å²) in [5, 5.41) is 6.52. The molecule has 1 saturated carbocycles. The number of nitrogens with one attached hydrogen (secondary N) is 2. The van der Waals surface area contributed by atoms with E-state index in [1.165, 1.54) is 0 Å². The largest absolute Gasteiger partial charge is 0.459 e. The van der Waals surface area contributed by atoms with E-state index in [2.05, 4.69) is 10.6 Å². The van der Waals surface area contributed by atoms with E-state index in [1.807, 2.05) is 37.3 Å². The average Bonchev–Trinajstić information content (AvgIpc) is 2.89. The highest BCUT2D eigenvalue weighted by atomic mass is 16.3. The molecule has 2 aromatic rings. The molecular weight excluding hydrogens is 280 g/mol. The predicted octanol–water partition coefficient (Wildman–Crippen LogP) is 2.53. The van der Waals surface area contributed by atoms with Gasteiger partial charge in [0.25, 0.3) is 0 Å². The number of para-hydroxylation sites is 1. The molecule has 22 heavy (non-hydrogen) atoms. The number of carbonyl (C=O) groups is 2. The third kappa shape index (κ3) is 2.26. The van der Waals surface area contributed by atoms with Gasteiger partial charge in [-0.3, -0.25) is 9.59 Å². The van der Waals surface area contributed by atoms with Crippen LogP contribution in [0, 0.1) is 5.41 Å². The Morgan fingerprint density at radius 1 is 1.23 bits per heavy atom. The van der Waals surface area contributed by atoms with E-state index in [0.29, 0.717) is 18.6 Å². The van der Waals surface area contributed by atoms with Gasteiger partial charge in [0.15, 0.2) is 0 Å². The van der Waals surface area contributed by atoms with E-state index in [9.17, 15) is 9.59 Å². The Morgan fingerprint density at radius 2 is 1.95 bits per heavy atom. The number of furan rings is 1. The quantitative estimate of drug-likeness (QED) is 0.852. The molecule has 0 bridgehead atoms. The minimum Gasteiger partial charge on any atom is -0.459 e. The van der Waals surface area contributed by atoms with Crippen LogP contribution in [-0.2, 0) is 9.59 Å². The molecule has 5 nitrogen and oxygen atoms in total. The maximum atomic E-state index is 12.5. The lowest BCUT2D eigenvalue weighted by molar-refractivity contribution is -0.149. The minimum atomic E-state index is -0.908. The van der Waals surface area contributed by atoms with Crippen LogP contribution in [0.4, 0.5) is 0 Å². The smallest absolute Gasteiger partial charge is 0.236 e. The van der Waals surface area contributed by atoms with Gasteiger partial charge in [-0.25, -0.2) is 0 Å². The van der Waals surface area contributed by atoms with E-state index in [1.54, 1.807) is 7.05 Å². The normalized spacial score (nSPS) is 17.5. The first-order valence-corrected chi connectivity index (χ1v) is 7.58. The van der Waals surface area contributed by atoms with Crippen molar-refractivity contribution in [3.8, 4) is 0 Å². The first-order chi connectivity index (χ1) is 10.6. The van der Waals surface area contributed by atoms with E-state index < -0.39 is 5.41 Å². The Balaban J connectivity index is 1.77. The molecule has 1 unspecified atom stereocenters. The number of rotatable bonds is 4. The molecule has 3 rings (SSSR count). The highest BCUT2D eigenvalue weighted by Gasteiger charge is 2.50. The van der Waals surface area contributed by atoms with Crippen molar-refractivity contribution in [2.24, 2.45) is 5.41 Å². The summed E-state index contributed by atoms with van der Waals surface area (Å²) in [5.41, 5.74) is -0.113. The SMILES string of the molecule is CNC(=O)C1(C(=O)NC(C)c2cc3ccccc3o2)CCC1. The fourth-order valence-electron chi connectivity index (χ4n) is 2.95. The first-order valence-electron chi connectivity index (χ1n) is 7.58. The predicted molar refractivity (Wildman–Crippen MR) is 83.1 cm³/mol. The van der Waals surface area contributed by atoms with Crippen molar-refractivity contribution in [1.82, 2.24) is 10.6 Å². The highest BCUT2D eigenvalue weighted by molar-refractivity contribution is 6.06. The zero-order valence-corrected chi connectivity index (χ0v) is 12.8. The van der Waals surface area contributed by atoms with Crippen LogP contribution >= 0.6 is 0 Å². The van der Waals surface area contributed by atoms with Crippen molar-refractivity contribution in [3.63, 3.8) is 0 Å². The van der Waals surface area contributed by atoms with Crippen LogP contribution in [0.2, 0.25) is 0 Å². The third-order valence-corrected chi connectivity index (χ3v) is 4.52. The number of carbonyl (C=O) groups excluding carboxylic acids is 2. The molecule has 1 fully saturated rings. The summed E-state index contributed by atoms with van der Waals surface area (Å²) in [7, 11) is 1.57. The molecule has 0 saturated heterocycles. The van der Waals surface area contributed by atoms with Gasteiger partial charge in [0.1, 0.15) is 16.8 Å². The van der Waals surface area contributed by atoms with E-state index in [-0.39, 0.29) is 17.9 Å². The van der Waals surface area contributed by atoms with Gasteiger partial charge in [0.2, 0.25) is 11.8 Å². The molecule has 1 aromatic heterocycles. The molecule has 1 atom stereocenters. The zero-order chi connectivity index (χ0) is 15.7. The maximum absolute atomic E-state index is 12.5. The van der Waals surface area contributed by atoms with Gasteiger partial charge in [0, 0.05) is 12.4 Å². The van der Waals surface area contributed by atoms with Gasteiger partial charge in [0.05, 0.1) is 6.04 Å². The van der Waals surface area contributed by atoms with Crippen LogP contribution in [0.15, 0.2) is 34.7 Å². The lowest BCUT2D eigenvalue weighted by Crippen LogP contribution is -2.55. The van der Waals surface area contributed by atoms with Crippen LogP contribution in [-0.4, -0.2) is 18.9 Å². The van der Waals surface area contributed by atoms with Crippen LogP contribution in [0.5, 0.6) is 0 Å². The molecule has 1 aromatic carbocycles. The Labute approximate surface area is 129 Å². The molecule has 0 aliphatic heterocycles. The van der Waals surface area contributed by atoms with Gasteiger partial charge in [-0.05, 0) is 31.9 Å². The van der Waals surface area contributed by atoms with Crippen LogP contribution < -0.4 is 10.6 Å². The highest BCUT2D eigenvalue weighted by Crippen LogP contribution is 2.42. The van der Waals surface area contributed by atoms with Gasteiger partial charge in [-0.1, -0.05) is 24.6 Å². The molecule has 116 valence electrons. The topological polar surface area (TPSA) is 71.3 Å². The number of amides is 2. The minimum absolute atomic E-state index is 0.201. The van der Waals surface area contributed by atoms with Gasteiger partial charge in [-0.15, -0.1) is 0 Å². The summed E-state index contributed by atoms with van der Waals surface area (Å²) in [5.74, 6) is 0.278. The van der Waals surface area contributed by atoms with Crippen LogP contribution in [0.25, 0.3) is 11.0 Å². The summed E-state index contributed by atoms with van der Waals surface area (Å²) in [6.45, 7) is 1.87. The molecule has 2 amide bonds. The molecule has 2 N–H and O–H groups in total. The van der Waals surface area contributed by atoms with Crippen LogP contribution in [0.3, 0.4) is 0 Å². The van der Waals surface area contributed by atoms with Crippen molar-refractivity contribution in [3.05, 3.63) is 36.1 Å². The summed E-state index contributed by atoms with van der Waals surface area (Å²) >= 11 is 0. The second-order valence-corrected chi connectivity index (χ2v) is 5.90. The Morgan fingerprint density at radius 3 is 2.55 bits per heavy atom. The molecule has 5 heteroatoms. The first kappa shape index (κ1) is 14.6. The van der Waals surface area contributed by atoms with Crippen LogP contribution in [0.1, 0.15) is 38.0 Å². The van der Waals surface area contributed by atoms with Crippen molar-refractivity contribution in [2.45, 2.75) is 32.2 Å². The molecule has 1 aliphatic carbocycles. The second-order valence-electron chi connectivity index (χ2n) is 5.90. The Kier molecular flexibility index (Phi) is 3.64. The Bertz CT molecular complexity index is 683. The average molecular weight is 300 g/mol. The molecule has 0 spiro atoms. The Hall–Kier alpha value is -2.30. The summed E-state index contributed by atoms with van der Waals surface area (Å²) in [6, 6.07) is 9.36. The number of benzene rings is 1. The van der Waals surface area contributed by atoms with Crippen molar-refractivity contribution in [2.75, 3.05) is 7.05 Å². The standard InChI is InChI=1S/C17H20N2O3/c1-11(14-10-12-6-3-4-7-13(12)22-14)19-16(21)17(8-5-9-17)15(20)18-2/h3-4,6-7,10-11H,5,8-9H2,1-2H3,(H,18,20)(H,19,21). The molecule has 1 heterocycles. The van der Waals surface area contributed by atoms with E-state index >= 15 is 0 Å². The molecular formula is C17H20N2O3. The number of hydrogen-bond acceptors (Lipinski definition) is 3. The van der Waals surface area contributed by atoms with Gasteiger partial charge >= 0.3 is 0 Å². The van der Waals surface area contributed by atoms with E-state index in [0.717, 1.165) is 17.4 Å². The third-order valence-electron chi connectivity index (χ3n) is 4.52. The summed E-state index contributed by atoms with van der Waals surface area (Å²) < 4.78 is 5.77. The van der Waals surface area contributed by atoms with Crippen molar-refractivity contribution >= 4 is 22.8 Å². The summed E-state index contributed by atoms with van der Waals surface area (Å²) in [4.78, 5) is 24.6. The lowest BCUT2D eigenvalue weighted by Gasteiger charge is -2.38. The lowest BCUT2D eigenvalue weighted by atomic mass is 9.67. The molecule has 1 aliphatic rings. The van der Waals surface area contributed by atoms with E-state index in [4.69, 9.17) is 4.42 Å². The second kappa shape index (κ2) is 5.48. The fraction of sp³-hybridized carbons (Fsp3) is 0.412. The zero-order valence-electron chi connectivity index (χ0n) is 12.8. The van der Waals surface area contributed by atoms with Crippen molar-refractivity contribution in [1.29, 1.82) is 0 Å². The van der Waals surface area contributed by atoms with Gasteiger partial charge in [-0.2, -0.15) is 0 Å². The maximum Gasteiger partial charge on any atom is 0.236 e. The number of fused-ring (bicyclic) bond motifs is 1. The van der Waals surface area contributed by atoms with Crippen molar-refractivity contribution < 1.29 is 14.0 Å². The monoisotopic (exact) mass is 300 g/mol.